The van der Waals surface area contributed by atoms with Gasteiger partial charge in [0.1, 0.15) is 11.6 Å². The average molecular weight is 343 g/mol. The summed E-state index contributed by atoms with van der Waals surface area (Å²) in [6.45, 7) is 4.18. The Bertz CT molecular complexity index is 776. The number of rotatable bonds is 4. The van der Waals surface area contributed by atoms with Crippen LogP contribution in [-0.4, -0.2) is 16.7 Å². The van der Waals surface area contributed by atoms with E-state index in [1.54, 1.807) is 12.1 Å². The van der Waals surface area contributed by atoms with Crippen molar-refractivity contribution >= 4 is 29.1 Å². The minimum atomic E-state index is -0.806. The number of anilines is 1. The number of hydrogen-bond acceptors (Lipinski definition) is 3. The number of halogens is 1. The molecule has 3 rings (SSSR count). The second kappa shape index (κ2) is 6.36. The first kappa shape index (κ1) is 16.7. The summed E-state index contributed by atoms with van der Waals surface area (Å²) in [4.78, 5) is 28.9. The van der Waals surface area contributed by atoms with Gasteiger partial charge in [-0.05, 0) is 29.2 Å². The van der Waals surface area contributed by atoms with Crippen LogP contribution in [-0.2, 0) is 15.0 Å². The fraction of sp³-hybridized carbons (Fsp3) is 0.316. The number of carbonyl (C=O) groups excluding carboxylic acids is 2. The van der Waals surface area contributed by atoms with Crippen molar-refractivity contribution in [3.63, 3.8) is 0 Å². The number of ketones is 1. The number of Topliss-reactive ketones (excluding diaryl/α,β-unsaturated/α-hetero) is 1. The van der Waals surface area contributed by atoms with Gasteiger partial charge in [-0.25, -0.2) is 4.98 Å². The van der Waals surface area contributed by atoms with E-state index in [1.807, 2.05) is 24.3 Å². The molecule has 1 N–H and O–H groups in total. The van der Waals surface area contributed by atoms with Gasteiger partial charge in [-0.2, -0.15) is 0 Å². The summed E-state index contributed by atoms with van der Waals surface area (Å²) in [7, 11) is 0. The molecule has 1 aliphatic carbocycles. The Hall–Kier alpha value is -2.20. The van der Waals surface area contributed by atoms with Gasteiger partial charge in [0, 0.05) is 19.0 Å². The summed E-state index contributed by atoms with van der Waals surface area (Å²) in [6, 6.07) is 11.2. The van der Waals surface area contributed by atoms with Crippen molar-refractivity contribution in [1.82, 2.24) is 4.98 Å². The number of carbonyl (C=O) groups is 2. The van der Waals surface area contributed by atoms with E-state index in [4.69, 9.17) is 11.6 Å². The molecule has 5 heteroatoms. The molecule has 1 heterocycles. The predicted octanol–water partition coefficient (Wildman–Crippen LogP) is 4.10. The Balaban J connectivity index is 1.96. The molecule has 1 saturated carbocycles. The van der Waals surface area contributed by atoms with Crippen LogP contribution in [0.3, 0.4) is 0 Å². The molecule has 1 aromatic carbocycles. The summed E-state index contributed by atoms with van der Waals surface area (Å²) in [6.07, 6.45) is 1.95. The fourth-order valence-corrected chi connectivity index (χ4v) is 3.33. The molecule has 1 fully saturated rings. The lowest BCUT2D eigenvalue weighted by Crippen LogP contribution is -2.51. The minimum absolute atomic E-state index is 0.104. The molecule has 1 aromatic heterocycles. The minimum Gasteiger partial charge on any atom is -0.310 e. The summed E-state index contributed by atoms with van der Waals surface area (Å²) in [5, 5.41) is 3.34. The van der Waals surface area contributed by atoms with Crippen LogP contribution in [0.15, 0.2) is 42.6 Å². The molecule has 0 unspecified atom stereocenters. The maximum Gasteiger partial charge on any atom is 0.237 e. The van der Waals surface area contributed by atoms with Crippen LogP contribution in [0.4, 0.5) is 5.82 Å². The molecule has 4 nitrogen and oxygen atoms in total. The van der Waals surface area contributed by atoms with Crippen LogP contribution in [0.5, 0.6) is 0 Å². The second-order valence-corrected chi connectivity index (χ2v) is 6.97. The first-order chi connectivity index (χ1) is 11.4. The number of aromatic nitrogens is 1. The topological polar surface area (TPSA) is 59.1 Å². The van der Waals surface area contributed by atoms with Gasteiger partial charge in [0.05, 0.1) is 10.4 Å². The van der Waals surface area contributed by atoms with Gasteiger partial charge in [-0.3, -0.25) is 9.59 Å². The van der Waals surface area contributed by atoms with Gasteiger partial charge in [0.2, 0.25) is 5.91 Å². The summed E-state index contributed by atoms with van der Waals surface area (Å²) >= 11 is 5.83. The van der Waals surface area contributed by atoms with Crippen LogP contribution in [0, 0.1) is 0 Å². The van der Waals surface area contributed by atoms with Crippen LogP contribution in [0.25, 0.3) is 0 Å². The average Bonchev–Trinajstić information content (AvgIpc) is 2.53. The lowest BCUT2D eigenvalue weighted by atomic mass is 9.61. The number of nitrogens with one attached hydrogen (secondary N) is 1. The first-order valence-corrected chi connectivity index (χ1v) is 8.34. The molecular formula is C19H19ClN2O2. The van der Waals surface area contributed by atoms with Crippen LogP contribution < -0.4 is 5.32 Å². The van der Waals surface area contributed by atoms with Gasteiger partial charge in [0.25, 0.3) is 0 Å². The molecule has 0 atom stereocenters. The number of nitrogens with zero attached hydrogens (tertiary/aromatic N) is 1. The Kier molecular flexibility index (Phi) is 4.41. The van der Waals surface area contributed by atoms with Crippen molar-refractivity contribution in [1.29, 1.82) is 0 Å². The summed E-state index contributed by atoms with van der Waals surface area (Å²) < 4.78 is 0. The first-order valence-electron chi connectivity index (χ1n) is 7.96. The zero-order valence-electron chi connectivity index (χ0n) is 13.7. The van der Waals surface area contributed by atoms with E-state index >= 15 is 0 Å². The monoisotopic (exact) mass is 342 g/mol. The maximum absolute atomic E-state index is 13.0. The number of benzene rings is 1. The molecule has 24 heavy (non-hydrogen) atoms. The van der Waals surface area contributed by atoms with Crippen LogP contribution in [0.1, 0.15) is 43.7 Å². The Morgan fingerprint density at radius 2 is 1.92 bits per heavy atom. The van der Waals surface area contributed by atoms with E-state index in [0.717, 1.165) is 11.1 Å². The van der Waals surface area contributed by atoms with Gasteiger partial charge in [-0.1, -0.05) is 49.7 Å². The van der Waals surface area contributed by atoms with E-state index in [2.05, 4.69) is 24.1 Å². The van der Waals surface area contributed by atoms with Gasteiger partial charge in [0.15, 0.2) is 0 Å². The third-order valence-electron chi connectivity index (χ3n) is 4.50. The highest BCUT2D eigenvalue weighted by atomic mass is 35.5. The predicted molar refractivity (Wildman–Crippen MR) is 94.3 cm³/mol. The van der Waals surface area contributed by atoms with Crippen molar-refractivity contribution < 1.29 is 9.59 Å². The summed E-state index contributed by atoms with van der Waals surface area (Å²) in [5.74, 6) is 0.623. The van der Waals surface area contributed by atoms with Crippen LogP contribution >= 0.6 is 11.6 Å². The van der Waals surface area contributed by atoms with Gasteiger partial charge < -0.3 is 5.32 Å². The highest BCUT2D eigenvalue weighted by Crippen LogP contribution is 2.45. The molecule has 0 spiro atoms. The van der Waals surface area contributed by atoms with E-state index in [-0.39, 0.29) is 30.4 Å². The Morgan fingerprint density at radius 1 is 1.21 bits per heavy atom. The van der Waals surface area contributed by atoms with Gasteiger partial charge in [-0.15, -0.1) is 0 Å². The molecule has 124 valence electrons. The Labute approximate surface area is 146 Å². The van der Waals surface area contributed by atoms with E-state index in [0.29, 0.717) is 10.8 Å². The largest absolute Gasteiger partial charge is 0.310 e. The molecular weight excluding hydrogens is 324 g/mol. The maximum atomic E-state index is 13.0. The van der Waals surface area contributed by atoms with Gasteiger partial charge >= 0.3 is 0 Å². The fourth-order valence-electron chi connectivity index (χ4n) is 3.22. The highest BCUT2D eigenvalue weighted by molar-refractivity contribution is 6.30. The normalized spacial score (nSPS) is 15.9. The molecule has 1 aliphatic rings. The standard InChI is InChI=1S/C19H19ClN2O2/c1-12(2)15-5-3-4-6-16(15)19(9-14(23)10-19)18(24)22-17-8-7-13(20)11-21-17/h3-8,11-12H,9-10H2,1-2H3,(H,21,22,24). The lowest BCUT2D eigenvalue weighted by molar-refractivity contribution is -0.138. The molecule has 0 radical (unpaired) electrons. The third kappa shape index (κ3) is 2.94. The molecule has 0 saturated heterocycles. The quantitative estimate of drug-likeness (QED) is 0.910. The zero-order valence-corrected chi connectivity index (χ0v) is 14.4. The highest BCUT2D eigenvalue weighted by Gasteiger charge is 2.52. The summed E-state index contributed by atoms with van der Waals surface area (Å²) in [5.41, 5.74) is 1.23. The number of amides is 1. The lowest BCUT2D eigenvalue weighted by Gasteiger charge is -2.40. The SMILES string of the molecule is CC(C)c1ccccc1C1(C(=O)Nc2ccc(Cl)cn2)CC(=O)C1. The number of pyridine rings is 1. The molecule has 0 aliphatic heterocycles. The van der Waals surface area contributed by atoms with E-state index in [1.165, 1.54) is 6.20 Å². The smallest absolute Gasteiger partial charge is 0.237 e. The Morgan fingerprint density at radius 3 is 2.50 bits per heavy atom. The zero-order chi connectivity index (χ0) is 17.3. The molecule has 0 bridgehead atoms. The van der Waals surface area contributed by atoms with Crippen molar-refractivity contribution in [2.45, 2.75) is 38.0 Å². The van der Waals surface area contributed by atoms with Crippen molar-refractivity contribution in [2.75, 3.05) is 5.32 Å². The number of hydrogen-bond donors (Lipinski definition) is 1. The van der Waals surface area contributed by atoms with E-state index in [9.17, 15) is 9.59 Å². The molecule has 2 aromatic rings. The van der Waals surface area contributed by atoms with Crippen molar-refractivity contribution in [2.24, 2.45) is 0 Å². The van der Waals surface area contributed by atoms with Crippen molar-refractivity contribution in [3.8, 4) is 0 Å². The third-order valence-corrected chi connectivity index (χ3v) is 4.72. The van der Waals surface area contributed by atoms with Crippen LogP contribution in [0.2, 0.25) is 5.02 Å². The van der Waals surface area contributed by atoms with Crippen molar-refractivity contribution in [3.05, 3.63) is 58.7 Å². The van der Waals surface area contributed by atoms with E-state index < -0.39 is 5.41 Å². The molecule has 1 amide bonds. The second-order valence-electron chi connectivity index (χ2n) is 6.53.